The molecule has 2 amide bonds. The Morgan fingerprint density at radius 1 is 0.871 bits per heavy atom. The first-order chi connectivity index (χ1) is 15.1. The molecule has 4 rings (SSSR count). The van der Waals surface area contributed by atoms with E-state index in [0.29, 0.717) is 12.5 Å². The van der Waals surface area contributed by atoms with Crippen molar-refractivity contribution >= 4 is 11.8 Å². The highest BCUT2D eigenvalue weighted by Gasteiger charge is 2.31. The van der Waals surface area contributed by atoms with E-state index in [1.54, 1.807) is 0 Å². The minimum absolute atomic E-state index is 0.142. The number of amides is 2. The molecule has 172 valence electrons. The first-order valence-corrected chi connectivity index (χ1v) is 12.1. The van der Waals surface area contributed by atoms with Gasteiger partial charge in [0.2, 0.25) is 11.8 Å². The van der Waals surface area contributed by atoms with E-state index in [1.165, 1.54) is 12.8 Å². The lowest BCUT2D eigenvalue weighted by Gasteiger charge is -2.38. The van der Waals surface area contributed by atoms with Crippen molar-refractivity contribution < 1.29 is 9.59 Å². The second kappa shape index (κ2) is 10.6. The van der Waals surface area contributed by atoms with E-state index < -0.39 is 0 Å². The summed E-state index contributed by atoms with van der Waals surface area (Å²) in [5, 5.41) is 0. The molecule has 0 aliphatic carbocycles. The van der Waals surface area contributed by atoms with E-state index in [2.05, 4.69) is 19.4 Å². The summed E-state index contributed by atoms with van der Waals surface area (Å²) >= 11 is 0. The van der Waals surface area contributed by atoms with Crippen LogP contribution < -0.4 is 0 Å². The molecule has 0 aromatic carbocycles. The number of hydrogen-bond donors (Lipinski definition) is 0. The van der Waals surface area contributed by atoms with E-state index in [-0.39, 0.29) is 11.8 Å². The Morgan fingerprint density at radius 2 is 1.55 bits per heavy atom. The Hall–Kier alpha value is -1.93. The number of piperidine rings is 1. The number of nitrogens with zero attached hydrogens (tertiary/aromatic N) is 6. The molecule has 3 saturated heterocycles. The molecule has 31 heavy (non-hydrogen) atoms. The van der Waals surface area contributed by atoms with Gasteiger partial charge in [0.05, 0.1) is 13.1 Å². The van der Waals surface area contributed by atoms with Crippen LogP contribution >= 0.6 is 0 Å². The number of likely N-dealkylation sites (tertiary alicyclic amines) is 2. The van der Waals surface area contributed by atoms with Crippen LogP contribution in [0.1, 0.15) is 44.3 Å². The van der Waals surface area contributed by atoms with Crippen molar-refractivity contribution in [2.45, 2.75) is 45.1 Å². The van der Waals surface area contributed by atoms with Crippen LogP contribution in [-0.2, 0) is 23.2 Å². The zero-order valence-corrected chi connectivity index (χ0v) is 19.0. The number of aryl methyl sites for hydroxylation is 1. The molecule has 4 heterocycles. The maximum atomic E-state index is 13.0. The highest BCUT2D eigenvalue weighted by atomic mass is 16.2. The molecule has 0 bridgehead atoms. The topological polar surface area (TPSA) is 64.9 Å². The number of carbonyl (C=O) groups is 2. The fourth-order valence-electron chi connectivity index (χ4n) is 5.08. The van der Waals surface area contributed by atoms with E-state index >= 15 is 0 Å². The standard InChI is InChI=1S/C23H38N6O2/c1-25-13-8-24-21(25)18-26-11-6-20(7-12-26)23(31)29-16-14-27(15-17-29)19-22(30)28-9-4-2-3-5-10-28/h8,13,20H,2-7,9-12,14-19H2,1H3. The number of imidazole rings is 1. The SMILES string of the molecule is Cn1ccnc1CN1CCC(C(=O)N2CCN(CC(=O)N3CCCCCC3)CC2)CC1. The van der Waals surface area contributed by atoms with Gasteiger partial charge in [-0.25, -0.2) is 4.98 Å². The molecule has 3 fully saturated rings. The van der Waals surface area contributed by atoms with E-state index in [1.807, 2.05) is 29.2 Å². The van der Waals surface area contributed by atoms with Gasteiger partial charge >= 0.3 is 0 Å². The summed E-state index contributed by atoms with van der Waals surface area (Å²) < 4.78 is 2.06. The summed E-state index contributed by atoms with van der Waals surface area (Å²) in [6.45, 7) is 8.21. The zero-order valence-electron chi connectivity index (χ0n) is 19.0. The first-order valence-electron chi connectivity index (χ1n) is 12.1. The Labute approximate surface area is 186 Å². The van der Waals surface area contributed by atoms with Gasteiger partial charge in [-0.3, -0.25) is 19.4 Å². The van der Waals surface area contributed by atoms with Crippen LogP contribution in [-0.4, -0.2) is 99.9 Å². The second-order valence-electron chi connectivity index (χ2n) is 9.40. The molecular weight excluding hydrogens is 392 g/mol. The summed E-state index contributed by atoms with van der Waals surface area (Å²) in [5.41, 5.74) is 0. The predicted molar refractivity (Wildman–Crippen MR) is 119 cm³/mol. The quantitative estimate of drug-likeness (QED) is 0.702. The molecule has 0 saturated carbocycles. The summed E-state index contributed by atoms with van der Waals surface area (Å²) in [6, 6.07) is 0. The third-order valence-electron chi connectivity index (χ3n) is 7.22. The van der Waals surface area contributed by atoms with Gasteiger partial charge in [0.25, 0.3) is 0 Å². The monoisotopic (exact) mass is 430 g/mol. The van der Waals surface area contributed by atoms with Gasteiger partial charge in [0.1, 0.15) is 5.82 Å². The number of piperazine rings is 1. The Balaban J connectivity index is 1.17. The van der Waals surface area contributed by atoms with Gasteiger partial charge in [-0.2, -0.15) is 0 Å². The normalized spacial score (nSPS) is 22.5. The van der Waals surface area contributed by atoms with Gasteiger partial charge < -0.3 is 14.4 Å². The summed E-state index contributed by atoms with van der Waals surface area (Å²) in [5.74, 6) is 1.80. The van der Waals surface area contributed by atoms with Gasteiger partial charge in [-0.15, -0.1) is 0 Å². The molecule has 3 aliphatic heterocycles. The number of rotatable bonds is 5. The van der Waals surface area contributed by atoms with E-state index in [9.17, 15) is 9.59 Å². The Bertz CT molecular complexity index is 726. The lowest BCUT2D eigenvalue weighted by Crippen LogP contribution is -2.53. The number of carbonyl (C=O) groups excluding carboxylic acids is 2. The lowest BCUT2D eigenvalue weighted by atomic mass is 9.95. The fraction of sp³-hybridized carbons (Fsp3) is 0.783. The summed E-state index contributed by atoms with van der Waals surface area (Å²) in [6.07, 6.45) is 10.4. The molecule has 3 aliphatic rings. The van der Waals surface area contributed by atoms with Crippen LogP contribution in [0.4, 0.5) is 0 Å². The number of aromatic nitrogens is 2. The molecule has 8 nitrogen and oxygen atoms in total. The van der Waals surface area contributed by atoms with Crippen LogP contribution in [0, 0.1) is 5.92 Å². The van der Waals surface area contributed by atoms with Crippen LogP contribution in [0.3, 0.4) is 0 Å². The van der Waals surface area contributed by atoms with Crippen LogP contribution in [0.5, 0.6) is 0 Å². The smallest absolute Gasteiger partial charge is 0.236 e. The second-order valence-corrected chi connectivity index (χ2v) is 9.40. The van der Waals surface area contributed by atoms with E-state index in [0.717, 1.165) is 90.4 Å². The maximum Gasteiger partial charge on any atom is 0.236 e. The highest BCUT2D eigenvalue weighted by Crippen LogP contribution is 2.22. The minimum Gasteiger partial charge on any atom is -0.342 e. The van der Waals surface area contributed by atoms with E-state index in [4.69, 9.17) is 0 Å². The average molecular weight is 431 g/mol. The zero-order chi connectivity index (χ0) is 21.6. The van der Waals surface area contributed by atoms with Crippen LogP contribution in [0.15, 0.2) is 12.4 Å². The van der Waals surface area contributed by atoms with Gasteiger partial charge in [-0.05, 0) is 38.8 Å². The molecule has 8 heteroatoms. The van der Waals surface area contributed by atoms with Crippen molar-refractivity contribution in [3.63, 3.8) is 0 Å². The third kappa shape index (κ3) is 5.86. The fourth-order valence-corrected chi connectivity index (χ4v) is 5.08. The van der Waals surface area contributed by atoms with Crippen molar-refractivity contribution in [1.29, 1.82) is 0 Å². The van der Waals surface area contributed by atoms with Crippen molar-refractivity contribution in [3.05, 3.63) is 18.2 Å². The van der Waals surface area contributed by atoms with Crippen molar-refractivity contribution in [2.75, 3.05) is 58.9 Å². The average Bonchev–Trinajstić information content (AvgIpc) is 3.02. The molecule has 1 aromatic heterocycles. The largest absolute Gasteiger partial charge is 0.342 e. The molecule has 0 atom stereocenters. The molecular formula is C23H38N6O2. The molecule has 0 radical (unpaired) electrons. The highest BCUT2D eigenvalue weighted by molar-refractivity contribution is 5.79. The van der Waals surface area contributed by atoms with Crippen LogP contribution in [0.2, 0.25) is 0 Å². The Kier molecular flexibility index (Phi) is 7.61. The minimum atomic E-state index is 0.142. The molecule has 1 aromatic rings. The summed E-state index contributed by atoms with van der Waals surface area (Å²) in [7, 11) is 2.03. The van der Waals surface area contributed by atoms with Crippen LogP contribution in [0.25, 0.3) is 0 Å². The third-order valence-corrected chi connectivity index (χ3v) is 7.22. The number of hydrogen-bond acceptors (Lipinski definition) is 5. The lowest BCUT2D eigenvalue weighted by molar-refractivity contribution is -0.139. The van der Waals surface area contributed by atoms with Crippen molar-refractivity contribution in [3.8, 4) is 0 Å². The van der Waals surface area contributed by atoms with Crippen molar-refractivity contribution in [1.82, 2.24) is 29.2 Å². The predicted octanol–water partition coefficient (Wildman–Crippen LogP) is 1.18. The maximum absolute atomic E-state index is 13.0. The van der Waals surface area contributed by atoms with Crippen molar-refractivity contribution in [2.24, 2.45) is 13.0 Å². The molecule has 0 N–H and O–H groups in total. The summed E-state index contributed by atoms with van der Waals surface area (Å²) in [4.78, 5) is 38.8. The Morgan fingerprint density at radius 3 is 2.16 bits per heavy atom. The first kappa shape index (κ1) is 22.3. The van der Waals surface area contributed by atoms with Gasteiger partial charge in [0, 0.05) is 64.6 Å². The van der Waals surface area contributed by atoms with Gasteiger partial charge in [0.15, 0.2) is 0 Å². The van der Waals surface area contributed by atoms with Gasteiger partial charge in [-0.1, -0.05) is 12.8 Å². The molecule has 0 spiro atoms. The molecule has 0 unspecified atom stereocenters.